The molecular weight excluding hydrogens is 292 g/mol. The summed E-state index contributed by atoms with van der Waals surface area (Å²) in [6, 6.07) is 10.2. The number of benzene rings is 1. The fraction of sp³-hybridized carbons (Fsp3) is 0.389. The molecular formula is C18H24N2OS. The molecule has 2 aromatic rings. The minimum atomic E-state index is -0.146. The highest BCUT2D eigenvalue weighted by molar-refractivity contribution is 7.10. The van der Waals surface area contributed by atoms with Crippen LogP contribution in [0.5, 0.6) is 0 Å². The number of carbonyl (C=O) groups excluding carboxylic acids is 1. The highest BCUT2D eigenvalue weighted by Crippen LogP contribution is 2.18. The molecule has 3 nitrogen and oxygen atoms in total. The quantitative estimate of drug-likeness (QED) is 0.884. The molecule has 2 rings (SSSR count). The molecule has 0 spiro atoms. The van der Waals surface area contributed by atoms with E-state index in [-0.39, 0.29) is 11.9 Å². The molecule has 1 atom stereocenters. The second kappa shape index (κ2) is 7.56. The Labute approximate surface area is 137 Å². The normalized spacial score (nSPS) is 12.4. The molecule has 0 aliphatic heterocycles. The number of amides is 1. The van der Waals surface area contributed by atoms with Crippen molar-refractivity contribution < 1.29 is 4.79 Å². The number of aryl methyl sites for hydroxylation is 2. The smallest absolute Gasteiger partial charge is 0.237 e. The van der Waals surface area contributed by atoms with Crippen LogP contribution >= 0.6 is 11.3 Å². The Morgan fingerprint density at radius 1 is 1.23 bits per heavy atom. The third kappa shape index (κ3) is 4.42. The third-order valence-corrected chi connectivity index (χ3v) is 5.00. The van der Waals surface area contributed by atoms with Gasteiger partial charge in [-0.25, -0.2) is 0 Å². The van der Waals surface area contributed by atoms with Gasteiger partial charge in [0.15, 0.2) is 0 Å². The van der Waals surface area contributed by atoms with Crippen LogP contribution in [0.3, 0.4) is 0 Å². The maximum atomic E-state index is 12.3. The lowest BCUT2D eigenvalue weighted by Crippen LogP contribution is -2.42. The Bertz CT molecular complexity index is 618. The second-order valence-corrected chi connectivity index (χ2v) is 6.82. The van der Waals surface area contributed by atoms with Gasteiger partial charge in [-0.3, -0.25) is 9.69 Å². The van der Waals surface area contributed by atoms with Gasteiger partial charge in [0.2, 0.25) is 5.91 Å². The van der Waals surface area contributed by atoms with Gasteiger partial charge < -0.3 is 5.32 Å². The summed E-state index contributed by atoms with van der Waals surface area (Å²) in [4.78, 5) is 15.7. The minimum absolute atomic E-state index is 0.0669. The van der Waals surface area contributed by atoms with E-state index in [4.69, 9.17) is 0 Å². The molecule has 118 valence electrons. The third-order valence-electron chi connectivity index (χ3n) is 3.99. The van der Waals surface area contributed by atoms with E-state index in [2.05, 4.69) is 59.8 Å². The highest BCUT2D eigenvalue weighted by atomic mass is 32.1. The summed E-state index contributed by atoms with van der Waals surface area (Å²) in [5, 5.41) is 5.11. The summed E-state index contributed by atoms with van der Waals surface area (Å²) in [7, 11) is 2.00. The number of thiophene rings is 1. The highest BCUT2D eigenvalue weighted by Gasteiger charge is 2.18. The summed E-state index contributed by atoms with van der Waals surface area (Å²) >= 11 is 1.75. The van der Waals surface area contributed by atoms with Gasteiger partial charge in [-0.1, -0.05) is 29.8 Å². The zero-order chi connectivity index (χ0) is 16.1. The van der Waals surface area contributed by atoms with Crippen LogP contribution in [0, 0.1) is 13.8 Å². The predicted octanol–water partition coefficient (Wildman–Crippen LogP) is 3.50. The van der Waals surface area contributed by atoms with Gasteiger partial charge in [-0.05, 0) is 50.4 Å². The number of nitrogens with zero attached hydrogens (tertiary/aromatic N) is 1. The lowest BCUT2D eigenvalue weighted by molar-refractivity contribution is -0.125. The maximum absolute atomic E-state index is 12.3. The number of likely N-dealkylation sites (N-methyl/N-ethyl adjacent to an activating group) is 1. The summed E-state index contributed by atoms with van der Waals surface area (Å²) in [6.45, 7) is 7.51. The van der Waals surface area contributed by atoms with E-state index >= 15 is 0 Å². The van der Waals surface area contributed by atoms with Gasteiger partial charge >= 0.3 is 0 Å². The van der Waals surface area contributed by atoms with Crippen molar-refractivity contribution in [3.05, 3.63) is 57.3 Å². The van der Waals surface area contributed by atoms with E-state index in [0.29, 0.717) is 6.54 Å². The van der Waals surface area contributed by atoms with Gasteiger partial charge in [0.25, 0.3) is 0 Å². The number of hydrogen-bond donors (Lipinski definition) is 1. The zero-order valence-corrected chi connectivity index (χ0v) is 14.5. The molecule has 0 fully saturated rings. The van der Waals surface area contributed by atoms with Crippen molar-refractivity contribution in [2.45, 2.75) is 39.9 Å². The van der Waals surface area contributed by atoms with Crippen molar-refractivity contribution in [3.63, 3.8) is 0 Å². The van der Waals surface area contributed by atoms with Gasteiger partial charge in [0.1, 0.15) is 0 Å². The molecule has 1 aromatic carbocycles. The summed E-state index contributed by atoms with van der Waals surface area (Å²) in [5.41, 5.74) is 3.65. The molecule has 0 aliphatic carbocycles. The lowest BCUT2D eigenvalue weighted by Gasteiger charge is -2.23. The first-order chi connectivity index (χ1) is 10.5. The van der Waals surface area contributed by atoms with Gasteiger partial charge in [-0.15, -0.1) is 11.3 Å². The van der Waals surface area contributed by atoms with Crippen molar-refractivity contribution in [2.24, 2.45) is 0 Å². The molecule has 0 radical (unpaired) electrons. The molecule has 0 bridgehead atoms. The molecule has 0 aliphatic rings. The Morgan fingerprint density at radius 3 is 2.50 bits per heavy atom. The monoisotopic (exact) mass is 316 g/mol. The molecule has 1 aromatic heterocycles. The summed E-state index contributed by atoms with van der Waals surface area (Å²) in [5.74, 6) is 0.0669. The maximum Gasteiger partial charge on any atom is 0.237 e. The first-order valence-corrected chi connectivity index (χ1v) is 8.42. The second-order valence-electron chi connectivity index (χ2n) is 5.82. The van der Waals surface area contributed by atoms with Crippen LogP contribution in [0.25, 0.3) is 0 Å². The SMILES string of the molecule is Cc1ccc(CNC(=O)C(C)N(C)Cc2sccc2C)cc1. The van der Waals surface area contributed by atoms with Crippen molar-refractivity contribution in [1.29, 1.82) is 0 Å². The van der Waals surface area contributed by atoms with E-state index < -0.39 is 0 Å². The Kier molecular flexibility index (Phi) is 5.75. The van der Waals surface area contributed by atoms with E-state index in [1.54, 1.807) is 11.3 Å². The van der Waals surface area contributed by atoms with Crippen LogP contribution in [0.2, 0.25) is 0 Å². The van der Waals surface area contributed by atoms with Crippen LogP contribution in [-0.2, 0) is 17.9 Å². The van der Waals surface area contributed by atoms with Gasteiger partial charge in [0.05, 0.1) is 6.04 Å². The average Bonchev–Trinajstić information content (AvgIpc) is 2.90. The molecule has 4 heteroatoms. The number of nitrogens with one attached hydrogen (secondary N) is 1. The number of hydrogen-bond acceptors (Lipinski definition) is 3. The molecule has 22 heavy (non-hydrogen) atoms. The van der Waals surface area contributed by atoms with Gasteiger partial charge in [-0.2, -0.15) is 0 Å². The molecule has 0 saturated carbocycles. The number of carbonyl (C=O) groups is 1. The van der Waals surface area contributed by atoms with E-state index in [1.165, 1.54) is 16.0 Å². The van der Waals surface area contributed by atoms with E-state index in [0.717, 1.165) is 12.1 Å². The van der Waals surface area contributed by atoms with Crippen LogP contribution in [0.1, 0.15) is 28.5 Å². The van der Waals surface area contributed by atoms with Crippen molar-refractivity contribution in [2.75, 3.05) is 7.05 Å². The largest absolute Gasteiger partial charge is 0.351 e. The lowest BCUT2D eigenvalue weighted by atomic mass is 10.1. The van der Waals surface area contributed by atoms with E-state index in [1.807, 2.05) is 14.0 Å². The molecule has 0 saturated heterocycles. The first kappa shape index (κ1) is 16.7. The van der Waals surface area contributed by atoms with Crippen molar-refractivity contribution in [3.8, 4) is 0 Å². The van der Waals surface area contributed by atoms with Crippen LogP contribution in [-0.4, -0.2) is 23.9 Å². The van der Waals surface area contributed by atoms with E-state index in [9.17, 15) is 4.79 Å². The molecule has 1 heterocycles. The van der Waals surface area contributed by atoms with Crippen molar-refractivity contribution >= 4 is 17.2 Å². The minimum Gasteiger partial charge on any atom is -0.351 e. The summed E-state index contributed by atoms with van der Waals surface area (Å²) < 4.78 is 0. The van der Waals surface area contributed by atoms with Crippen LogP contribution < -0.4 is 5.32 Å². The summed E-state index contributed by atoms with van der Waals surface area (Å²) in [6.07, 6.45) is 0. The Balaban J connectivity index is 1.85. The van der Waals surface area contributed by atoms with Gasteiger partial charge in [0, 0.05) is 18.0 Å². The Hall–Kier alpha value is -1.65. The fourth-order valence-electron chi connectivity index (χ4n) is 2.17. The molecule has 1 unspecified atom stereocenters. The standard InChI is InChI=1S/C18H24N2OS/c1-13-5-7-16(8-6-13)11-19-18(21)15(3)20(4)12-17-14(2)9-10-22-17/h5-10,15H,11-12H2,1-4H3,(H,19,21). The molecule has 1 amide bonds. The predicted molar refractivity (Wildman–Crippen MR) is 93.0 cm³/mol. The van der Waals surface area contributed by atoms with Crippen molar-refractivity contribution in [1.82, 2.24) is 10.2 Å². The first-order valence-electron chi connectivity index (χ1n) is 7.54. The zero-order valence-electron chi connectivity index (χ0n) is 13.7. The Morgan fingerprint density at radius 2 is 1.91 bits per heavy atom. The number of rotatable bonds is 6. The average molecular weight is 316 g/mol. The molecule has 1 N–H and O–H groups in total. The fourth-order valence-corrected chi connectivity index (χ4v) is 3.14. The topological polar surface area (TPSA) is 32.3 Å². The van der Waals surface area contributed by atoms with Crippen LogP contribution in [0.15, 0.2) is 35.7 Å². The van der Waals surface area contributed by atoms with Crippen LogP contribution in [0.4, 0.5) is 0 Å².